The van der Waals surface area contributed by atoms with Gasteiger partial charge in [-0.15, -0.1) is 0 Å². The van der Waals surface area contributed by atoms with Crippen molar-refractivity contribution < 1.29 is 14.3 Å². The molecule has 1 aromatic rings. The number of hydrazone groups is 1. The van der Waals surface area contributed by atoms with Crippen LogP contribution in [0.2, 0.25) is 0 Å². The van der Waals surface area contributed by atoms with E-state index in [1.165, 1.54) is 6.92 Å². The first-order chi connectivity index (χ1) is 8.63. The maximum Gasteiger partial charge on any atom is 0.354 e. The fourth-order valence-electron chi connectivity index (χ4n) is 1.31. The Balaban J connectivity index is 2.80. The van der Waals surface area contributed by atoms with Gasteiger partial charge in [-0.3, -0.25) is 4.79 Å². The average Bonchev–Trinajstić information content (AvgIpc) is 2.35. The Hall–Kier alpha value is -2.17. The van der Waals surface area contributed by atoms with E-state index in [4.69, 9.17) is 4.74 Å². The van der Waals surface area contributed by atoms with Gasteiger partial charge in [0.1, 0.15) is 5.71 Å². The number of carbonyl (C=O) groups is 2. The van der Waals surface area contributed by atoms with Crippen molar-refractivity contribution in [2.75, 3.05) is 6.61 Å². The number of nitrogens with zero attached hydrogens (tertiary/aromatic N) is 1. The molecule has 0 atom stereocenters. The summed E-state index contributed by atoms with van der Waals surface area (Å²) in [5.41, 5.74) is 3.36. The molecule has 0 fully saturated rings. The molecule has 0 aliphatic carbocycles. The van der Waals surface area contributed by atoms with E-state index in [1.807, 2.05) is 30.3 Å². The van der Waals surface area contributed by atoms with Crippen LogP contribution in [0.15, 0.2) is 35.4 Å². The number of carbonyl (C=O) groups excluding carboxylic acids is 2. The van der Waals surface area contributed by atoms with Gasteiger partial charge in [-0.05, 0) is 12.5 Å². The van der Waals surface area contributed by atoms with Crippen LogP contribution in [0.3, 0.4) is 0 Å². The maximum atomic E-state index is 11.7. The summed E-state index contributed by atoms with van der Waals surface area (Å²) in [4.78, 5) is 22.5. The van der Waals surface area contributed by atoms with Crippen LogP contribution in [0.5, 0.6) is 0 Å². The van der Waals surface area contributed by atoms with Crippen molar-refractivity contribution in [2.24, 2.45) is 5.10 Å². The van der Waals surface area contributed by atoms with Crippen LogP contribution in [0, 0.1) is 0 Å². The molecule has 0 aromatic heterocycles. The second kappa shape index (κ2) is 7.21. The molecule has 0 unspecified atom stereocenters. The third-order valence-electron chi connectivity index (χ3n) is 2.07. The van der Waals surface area contributed by atoms with Crippen molar-refractivity contribution in [3.05, 3.63) is 35.9 Å². The van der Waals surface area contributed by atoms with Gasteiger partial charge < -0.3 is 4.74 Å². The molecule has 0 radical (unpaired) electrons. The van der Waals surface area contributed by atoms with Gasteiger partial charge in [0, 0.05) is 13.3 Å². The van der Waals surface area contributed by atoms with E-state index in [9.17, 15) is 9.59 Å². The number of nitrogens with one attached hydrogen (secondary N) is 1. The highest BCUT2D eigenvalue weighted by Gasteiger charge is 2.13. The molecule has 1 N–H and O–H groups in total. The molecule has 0 heterocycles. The first kappa shape index (κ1) is 13.9. The highest BCUT2D eigenvalue weighted by Crippen LogP contribution is 2.02. The number of benzene rings is 1. The Bertz CT molecular complexity index is 441. The molecule has 0 spiro atoms. The van der Waals surface area contributed by atoms with Gasteiger partial charge in [0.15, 0.2) is 0 Å². The van der Waals surface area contributed by atoms with Crippen LogP contribution >= 0.6 is 0 Å². The van der Waals surface area contributed by atoms with Crippen molar-refractivity contribution in [3.63, 3.8) is 0 Å². The molecular formula is C13H16N2O3. The third kappa shape index (κ3) is 4.78. The summed E-state index contributed by atoms with van der Waals surface area (Å²) in [6.45, 7) is 3.32. The molecule has 0 saturated carbocycles. The van der Waals surface area contributed by atoms with Gasteiger partial charge in [0.05, 0.1) is 6.61 Å². The van der Waals surface area contributed by atoms with Crippen LogP contribution < -0.4 is 5.43 Å². The minimum Gasteiger partial charge on any atom is -0.461 e. The summed E-state index contributed by atoms with van der Waals surface area (Å²) in [5.74, 6) is -0.847. The lowest BCUT2D eigenvalue weighted by Crippen LogP contribution is -2.25. The zero-order valence-electron chi connectivity index (χ0n) is 10.5. The topological polar surface area (TPSA) is 67.8 Å². The zero-order chi connectivity index (χ0) is 13.4. The number of amides is 1. The van der Waals surface area contributed by atoms with Crippen LogP contribution in [-0.2, 0) is 20.7 Å². The van der Waals surface area contributed by atoms with Crippen LogP contribution in [0.1, 0.15) is 19.4 Å². The van der Waals surface area contributed by atoms with Crippen LogP contribution in [0.25, 0.3) is 0 Å². The molecule has 96 valence electrons. The summed E-state index contributed by atoms with van der Waals surface area (Å²) < 4.78 is 4.89. The molecule has 0 bridgehead atoms. The van der Waals surface area contributed by atoms with Crippen LogP contribution in [0.4, 0.5) is 0 Å². The van der Waals surface area contributed by atoms with Gasteiger partial charge in [-0.2, -0.15) is 5.10 Å². The normalized spacial score (nSPS) is 10.9. The van der Waals surface area contributed by atoms with Crippen molar-refractivity contribution in [2.45, 2.75) is 20.3 Å². The summed E-state index contributed by atoms with van der Waals surface area (Å²) in [7, 11) is 0. The fraction of sp³-hybridized carbons (Fsp3) is 0.308. The monoisotopic (exact) mass is 248 g/mol. The van der Waals surface area contributed by atoms with Crippen molar-refractivity contribution in [3.8, 4) is 0 Å². The minimum absolute atomic E-state index is 0.179. The number of hydrogen-bond acceptors (Lipinski definition) is 4. The van der Waals surface area contributed by atoms with Crippen molar-refractivity contribution in [1.29, 1.82) is 0 Å². The lowest BCUT2D eigenvalue weighted by atomic mass is 10.1. The minimum atomic E-state index is -0.518. The first-order valence-corrected chi connectivity index (χ1v) is 5.67. The molecule has 5 nitrogen and oxygen atoms in total. The predicted molar refractivity (Wildman–Crippen MR) is 68.0 cm³/mol. The summed E-state index contributed by atoms with van der Waals surface area (Å²) in [6, 6.07) is 9.39. The Morgan fingerprint density at radius 2 is 1.94 bits per heavy atom. The van der Waals surface area contributed by atoms with E-state index < -0.39 is 5.97 Å². The molecular weight excluding hydrogens is 232 g/mol. The quantitative estimate of drug-likeness (QED) is 0.485. The van der Waals surface area contributed by atoms with Gasteiger partial charge >= 0.3 is 5.97 Å². The zero-order valence-corrected chi connectivity index (χ0v) is 10.5. The predicted octanol–water partition coefficient (Wildman–Crippen LogP) is 1.28. The third-order valence-corrected chi connectivity index (χ3v) is 2.07. The number of ether oxygens (including phenoxy) is 1. The van der Waals surface area contributed by atoms with Crippen LogP contribution in [-0.4, -0.2) is 24.2 Å². The smallest absolute Gasteiger partial charge is 0.354 e. The Labute approximate surface area is 106 Å². The fourth-order valence-corrected chi connectivity index (χ4v) is 1.31. The molecule has 18 heavy (non-hydrogen) atoms. The maximum absolute atomic E-state index is 11.7. The number of esters is 1. The largest absolute Gasteiger partial charge is 0.461 e. The molecule has 0 aliphatic rings. The van der Waals surface area contributed by atoms with E-state index in [0.29, 0.717) is 6.42 Å². The van der Waals surface area contributed by atoms with E-state index in [0.717, 1.165) is 5.56 Å². The van der Waals surface area contributed by atoms with Gasteiger partial charge in [-0.25, -0.2) is 10.2 Å². The summed E-state index contributed by atoms with van der Waals surface area (Å²) in [5, 5.41) is 3.78. The highest BCUT2D eigenvalue weighted by atomic mass is 16.5. The summed E-state index contributed by atoms with van der Waals surface area (Å²) >= 11 is 0. The molecule has 0 saturated heterocycles. The van der Waals surface area contributed by atoms with Gasteiger partial charge in [-0.1, -0.05) is 30.3 Å². The van der Waals surface area contributed by atoms with E-state index in [1.54, 1.807) is 6.92 Å². The molecule has 1 aromatic carbocycles. The number of hydrogen-bond donors (Lipinski definition) is 1. The van der Waals surface area contributed by atoms with E-state index in [2.05, 4.69) is 10.5 Å². The van der Waals surface area contributed by atoms with Gasteiger partial charge in [0.25, 0.3) is 0 Å². The Morgan fingerprint density at radius 1 is 1.28 bits per heavy atom. The Morgan fingerprint density at radius 3 is 2.50 bits per heavy atom. The number of rotatable bonds is 5. The molecule has 1 amide bonds. The van der Waals surface area contributed by atoms with E-state index in [-0.39, 0.29) is 18.2 Å². The average molecular weight is 248 g/mol. The molecule has 1 rings (SSSR count). The Kier molecular flexibility index (Phi) is 5.57. The molecule has 5 heteroatoms. The molecule has 0 aliphatic heterocycles. The SMILES string of the molecule is CCOC(=O)/C(Cc1ccccc1)=N/NC(C)=O. The lowest BCUT2D eigenvalue weighted by Gasteiger charge is -2.06. The van der Waals surface area contributed by atoms with Crippen molar-refractivity contribution >= 4 is 17.6 Å². The second-order valence-corrected chi connectivity index (χ2v) is 3.61. The first-order valence-electron chi connectivity index (χ1n) is 5.67. The highest BCUT2D eigenvalue weighted by molar-refractivity contribution is 6.37. The second-order valence-electron chi connectivity index (χ2n) is 3.61. The van der Waals surface area contributed by atoms with E-state index >= 15 is 0 Å². The van der Waals surface area contributed by atoms with Crippen molar-refractivity contribution in [1.82, 2.24) is 5.43 Å². The van der Waals surface area contributed by atoms with Gasteiger partial charge in [0.2, 0.25) is 5.91 Å². The summed E-state index contributed by atoms with van der Waals surface area (Å²) in [6.07, 6.45) is 0.319. The lowest BCUT2D eigenvalue weighted by molar-refractivity contribution is -0.135. The standard InChI is InChI=1S/C13H16N2O3/c1-3-18-13(17)12(15-14-10(2)16)9-11-7-5-4-6-8-11/h4-8H,3,9H2,1-2H3,(H,14,16)/b15-12+.